The number of carbonyl (C=O) groups is 2. The molecule has 0 radical (unpaired) electrons. The van der Waals surface area contributed by atoms with Gasteiger partial charge in [-0.2, -0.15) is 0 Å². The monoisotopic (exact) mass is 503 g/mol. The molecule has 1 aromatic rings. The molecule has 0 amide bonds. The van der Waals surface area contributed by atoms with Crippen LogP contribution in [0.4, 0.5) is 0 Å². The molecule has 37 heavy (non-hydrogen) atoms. The highest BCUT2D eigenvalue weighted by Crippen LogP contribution is 2.61. The smallest absolute Gasteiger partial charge is 0.307 e. The van der Waals surface area contributed by atoms with Gasteiger partial charge in [0.2, 0.25) is 0 Å². The van der Waals surface area contributed by atoms with Crippen LogP contribution in [0.25, 0.3) is 5.57 Å². The number of rotatable bonds is 8. The van der Waals surface area contributed by atoms with Crippen LogP contribution in [0.15, 0.2) is 52.8 Å². The summed E-state index contributed by atoms with van der Waals surface area (Å²) in [5.74, 6) is 2.72. The third-order valence-electron chi connectivity index (χ3n) is 9.31. The summed E-state index contributed by atoms with van der Waals surface area (Å²) >= 11 is 0. The molecule has 0 saturated heterocycles. The van der Waals surface area contributed by atoms with Crippen LogP contribution in [-0.4, -0.2) is 42.9 Å². The SMILES string of the molecule is CCN(CC)CCOc1ccc(C2=C3C4=C(C=C(OC(C)=O)CC4)CCC3C3CCC(=O)[C@@]3(C)C2)cc1. The highest BCUT2D eigenvalue weighted by atomic mass is 16.5. The normalized spacial score (nSPS) is 27.1. The van der Waals surface area contributed by atoms with E-state index < -0.39 is 0 Å². The highest BCUT2D eigenvalue weighted by molar-refractivity contribution is 5.91. The Morgan fingerprint density at radius 1 is 1.03 bits per heavy atom. The molecule has 1 aromatic carbocycles. The first-order chi connectivity index (χ1) is 17.8. The lowest BCUT2D eigenvalue weighted by molar-refractivity contribution is -0.137. The Morgan fingerprint density at radius 2 is 1.78 bits per heavy atom. The predicted octanol–water partition coefficient (Wildman–Crippen LogP) is 6.50. The van der Waals surface area contributed by atoms with Gasteiger partial charge < -0.3 is 14.4 Å². The fraction of sp³-hybridized carbons (Fsp3) is 0.562. The van der Waals surface area contributed by atoms with E-state index in [9.17, 15) is 9.59 Å². The van der Waals surface area contributed by atoms with Crippen molar-refractivity contribution in [3.8, 4) is 5.75 Å². The predicted molar refractivity (Wildman–Crippen MR) is 146 cm³/mol. The number of hydrogen-bond donors (Lipinski definition) is 0. The second-order valence-corrected chi connectivity index (χ2v) is 11.3. The lowest BCUT2D eigenvalue weighted by Crippen LogP contribution is -2.40. The van der Waals surface area contributed by atoms with Gasteiger partial charge in [0.05, 0.1) is 0 Å². The Bertz CT molecular complexity index is 1150. The van der Waals surface area contributed by atoms with Gasteiger partial charge in [-0.15, -0.1) is 0 Å². The molecule has 198 valence electrons. The molecule has 0 bridgehead atoms. The van der Waals surface area contributed by atoms with Crippen LogP contribution in [0.3, 0.4) is 0 Å². The summed E-state index contributed by atoms with van der Waals surface area (Å²) in [6.07, 6.45) is 8.33. The van der Waals surface area contributed by atoms with Crippen molar-refractivity contribution in [3.05, 3.63) is 58.4 Å². The van der Waals surface area contributed by atoms with Gasteiger partial charge in [-0.1, -0.05) is 32.9 Å². The van der Waals surface area contributed by atoms with Gasteiger partial charge >= 0.3 is 5.97 Å². The molecule has 0 heterocycles. The number of likely N-dealkylation sites (N-methyl/N-ethyl adjacent to an activating group) is 1. The number of benzene rings is 1. The third kappa shape index (κ3) is 4.95. The quantitative estimate of drug-likeness (QED) is 0.379. The van der Waals surface area contributed by atoms with Gasteiger partial charge in [-0.05, 0) is 103 Å². The number of ether oxygens (including phenoxy) is 2. The van der Waals surface area contributed by atoms with Crippen LogP contribution in [0.1, 0.15) is 78.2 Å². The van der Waals surface area contributed by atoms with Gasteiger partial charge in [0.25, 0.3) is 0 Å². The van der Waals surface area contributed by atoms with E-state index in [1.165, 1.54) is 34.8 Å². The Labute approximate surface area is 221 Å². The molecule has 1 fully saturated rings. The number of carbonyl (C=O) groups excluding carboxylic acids is 2. The van der Waals surface area contributed by atoms with E-state index in [-0.39, 0.29) is 11.4 Å². The summed E-state index contributed by atoms with van der Waals surface area (Å²) in [5.41, 5.74) is 6.50. The zero-order valence-electron chi connectivity index (χ0n) is 22.9. The first-order valence-electron chi connectivity index (χ1n) is 14.2. The van der Waals surface area contributed by atoms with Gasteiger partial charge in [-0.3, -0.25) is 9.59 Å². The Kier molecular flexibility index (Phi) is 7.44. The molecule has 5 rings (SSSR count). The van der Waals surface area contributed by atoms with Crippen LogP contribution >= 0.6 is 0 Å². The van der Waals surface area contributed by atoms with Crippen LogP contribution in [-0.2, 0) is 14.3 Å². The standard InChI is InChI=1S/C32H41NO4/c1-5-33(6-2)17-18-36-24-10-7-22(8-11-24)28-20-32(4)29(15-16-30(32)35)27-13-9-23-19-25(37-21(3)34)12-14-26(23)31(27)28/h7-8,10-11,19,27,29H,5-6,9,12-18,20H2,1-4H3/t27?,29?,32-/m0/s1. The van der Waals surface area contributed by atoms with Crippen molar-refractivity contribution < 1.29 is 19.1 Å². The van der Waals surface area contributed by atoms with E-state index in [0.29, 0.717) is 30.6 Å². The minimum absolute atomic E-state index is 0.249. The molecule has 0 spiro atoms. The first kappa shape index (κ1) is 26.0. The first-order valence-corrected chi connectivity index (χ1v) is 14.2. The van der Waals surface area contributed by atoms with E-state index in [0.717, 1.165) is 69.7 Å². The van der Waals surface area contributed by atoms with E-state index in [1.54, 1.807) is 0 Å². The number of allylic oxidation sites excluding steroid dienone is 6. The molecular formula is C32H41NO4. The van der Waals surface area contributed by atoms with E-state index in [1.807, 2.05) is 0 Å². The maximum atomic E-state index is 13.2. The molecule has 1 saturated carbocycles. The minimum atomic E-state index is -0.270. The van der Waals surface area contributed by atoms with Crippen molar-refractivity contribution >= 4 is 17.3 Å². The number of fused-ring (bicyclic) bond motifs is 4. The largest absolute Gasteiger partial charge is 0.492 e. The van der Waals surface area contributed by atoms with Crippen molar-refractivity contribution in [2.45, 2.75) is 72.6 Å². The second kappa shape index (κ2) is 10.6. The van der Waals surface area contributed by atoms with Crippen molar-refractivity contribution in [1.29, 1.82) is 0 Å². The molecule has 0 aliphatic heterocycles. The molecule has 0 N–H and O–H groups in total. The molecule has 3 atom stereocenters. The van der Waals surface area contributed by atoms with Crippen molar-refractivity contribution in [3.63, 3.8) is 0 Å². The lowest BCUT2D eigenvalue weighted by atomic mass is 9.56. The van der Waals surface area contributed by atoms with E-state index >= 15 is 0 Å². The van der Waals surface area contributed by atoms with Gasteiger partial charge in [0.1, 0.15) is 23.9 Å². The summed E-state index contributed by atoms with van der Waals surface area (Å²) < 4.78 is 11.5. The molecule has 4 aliphatic rings. The Balaban J connectivity index is 1.49. The fourth-order valence-electron chi connectivity index (χ4n) is 7.32. The summed E-state index contributed by atoms with van der Waals surface area (Å²) in [7, 11) is 0. The van der Waals surface area contributed by atoms with Gasteiger partial charge in [0, 0.05) is 31.7 Å². The van der Waals surface area contributed by atoms with Crippen LogP contribution in [0, 0.1) is 17.3 Å². The van der Waals surface area contributed by atoms with E-state index in [4.69, 9.17) is 9.47 Å². The number of ketones is 1. The zero-order valence-corrected chi connectivity index (χ0v) is 22.9. The van der Waals surface area contributed by atoms with Crippen molar-refractivity contribution in [2.24, 2.45) is 17.3 Å². The van der Waals surface area contributed by atoms with Crippen LogP contribution < -0.4 is 4.74 Å². The molecule has 0 aromatic heterocycles. The topological polar surface area (TPSA) is 55.8 Å². The molecule has 4 aliphatic carbocycles. The van der Waals surface area contributed by atoms with Crippen molar-refractivity contribution in [1.82, 2.24) is 4.90 Å². The second-order valence-electron chi connectivity index (χ2n) is 11.3. The lowest BCUT2D eigenvalue weighted by Gasteiger charge is -2.47. The molecular weight excluding hydrogens is 462 g/mol. The average Bonchev–Trinajstić information content (AvgIpc) is 3.20. The maximum absolute atomic E-state index is 13.2. The highest BCUT2D eigenvalue weighted by Gasteiger charge is 2.54. The zero-order chi connectivity index (χ0) is 26.2. The number of Topliss-reactive ketones (excluding diaryl/α,β-unsaturated/α-hetero) is 1. The Morgan fingerprint density at radius 3 is 2.49 bits per heavy atom. The number of esters is 1. The summed E-state index contributed by atoms with van der Waals surface area (Å²) in [6.45, 7) is 11.7. The van der Waals surface area contributed by atoms with E-state index in [2.05, 4.69) is 56.0 Å². The third-order valence-corrected chi connectivity index (χ3v) is 9.31. The fourth-order valence-corrected chi connectivity index (χ4v) is 7.32. The summed E-state index contributed by atoms with van der Waals surface area (Å²) in [4.78, 5) is 27.1. The summed E-state index contributed by atoms with van der Waals surface area (Å²) in [5, 5.41) is 0. The van der Waals surface area contributed by atoms with Crippen molar-refractivity contribution in [2.75, 3.05) is 26.2 Å². The maximum Gasteiger partial charge on any atom is 0.307 e. The Hall–Kier alpha value is -2.66. The summed E-state index contributed by atoms with van der Waals surface area (Å²) in [6, 6.07) is 8.55. The minimum Gasteiger partial charge on any atom is -0.492 e. The average molecular weight is 504 g/mol. The number of hydrogen-bond acceptors (Lipinski definition) is 5. The molecule has 2 unspecified atom stereocenters. The number of nitrogens with zero attached hydrogens (tertiary/aromatic N) is 1. The molecule has 5 nitrogen and oxygen atoms in total. The van der Waals surface area contributed by atoms with Crippen LogP contribution in [0.2, 0.25) is 0 Å². The van der Waals surface area contributed by atoms with Crippen LogP contribution in [0.5, 0.6) is 5.75 Å². The molecule has 5 heteroatoms. The van der Waals surface area contributed by atoms with Gasteiger partial charge in [-0.25, -0.2) is 0 Å². The van der Waals surface area contributed by atoms with Gasteiger partial charge in [0.15, 0.2) is 0 Å².